The van der Waals surface area contributed by atoms with Crippen LogP contribution in [0.1, 0.15) is 15.9 Å². The van der Waals surface area contributed by atoms with Crippen LogP contribution in [0.4, 0.5) is 5.69 Å². The summed E-state index contributed by atoms with van der Waals surface area (Å²) >= 11 is 3.39. The lowest BCUT2D eigenvalue weighted by molar-refractivity contribution is -0.113. The van der Waals surface area contributed by atoms with E-state index in [2.05, 4.69) is 26.6 Å². The van der Waals surface area contributed by atoms with Crippen molar-refractivity contribution in [1.29, 1.82) is 0 Å². The number of benzene rings is 2. The van der Waals surface area contributed by atoms with Gasteiger partial charge in [-0.1, -0.05) is 0 Å². The number of pyridine rings is 1. The predicted octanol–water partition coefficient (Wildman–Crippen LogP) is 3.67. The second kappa shape index (κ2) is 9.37. The molecule has 3 aromatic rings. The lowest BCUT2D eigenvalue weighted by atomic mass is 9.95. The summed E-state index contributed by atoms with van der Waals surface area (Å²) in [5, 5.41) is 7.18. The number of nitrogens with zero attached hydrogens (tertiary/aromatic N) is 2. The Morgan fingerprint density at radius 1 is 1.20 bits per heavy atom. The van der Waals surface area contributed by atoms with Gasteiger partial charge < -0.3 is 15.4 Å². The van der Waals surface area contributed by atoms with E-state index in [-0.39, 0.29) is 17.9 Å². The first-order chi connectivity index (χ1) is 17.1. The van der Waals surface area contributed by atoms with Crippen LogP contribution in [0.2, 0.25) is 0 Å². The second-order valence-corrected chi connectivity index (χ2v) is 11.4. The molecule has 2 aromatic carbocycles. The van der Waals surface area contributed by atoms with Crippen LogP contribution in [0.3, 0.4) is 0 Å². The van der Waals surface area contributed by atoms with Gasteiger partial charge in [-0.3, -0.25) is 19.5 Å². The number of hydrogen-bond donors (Lipinski definition) is 2. The molecule has 9 heteroatoms. The number of carbonyl (C=O) groups excluding carboxylic acids is 2. The minimum Gasteiger partial charge on any atom is -0.497 e. The molecule has 3 aliphatic heterocycles. The van der Waals surface area contributed by atoms with Crippen molar-refractivity contribution in [3.8, 4) is 5.75 Å². The zero-order chi connectivity index (χ0) is 23.9. The molecule has 0 bridgehead atoms. The molecule has 1 aromatic heterocycles. The van der Waals surface area contributed by atoms with E-state index in [4.69, 9.17) is 4.74 Å². The van der Waals surface area contributed by atoms with Gasteiger partial charge >= 0.3 is 0 Å². The molecule has 4 heterocycles. The quantitative estimate of drug-likeness (QED) is 0.546. The molecular weight excluding hydrogens is 480 g/mol. The van der Waals surface area contributed by atoms with Crippen LogP contribution in [0, 0.1) is 5.92 Å². The van der Waals surface area contributed by atoms with E-state index in [1.54, 1.807) is 13.2 Å². The topological polar surface area (TPSA) is 83.6 Å². The molecule has 1 fully saturated rings. The standard InChI is InChI=1S/C26H26N4O3S2/c1-33-18-3-4-21-19(8-18)20-6-15(13-34-24(20)9-27-21)10-30-11-17(12-30)28-26(32)16-2-5-23-22(7-16)29-25(31)14-35-23/h2-5,7-9,15,17H,6,10-14H2,1H3,(H,28,32)(H,29,31). The van der Waals surface area contributed by atoms with Gasteiger partial charge in [0.2, 0.25) is 5.91 Å². The Kier molecular flexibility index (Phi) is 6.07. The molecule has 2 amide bonds. The maximum atomic E-state index is 12.8. The van der Waals surface area contributed by atoms with E-state index in [1.807, 2.05) is 42.2 Å². The van der Waals surface area contributed by atoms with Crippen molar-refractivity contribution >= 4 is 51.9 Å². The summed E-state index contributed by atoms with van der Waals surface area (Å²) in [6.07, 6.45) is 3.03. The molecule has 0 saturated carbocycles. The zero-order valence-corrected chi connectivity index (χ0v) is 21.0. The summed E-state index contributed by atoms with van der Waals surface area (Å²) in [6.45, 7) is 2.75. The molecule has 1 atom stereocenters. The number of amides is 2. The normalized spacial score (nSPS) is 19.9. The van der Waals surface area contributed by atoms with Crippen LogP contribution in [0.25, 0.3) is 10.9 Å². The number of nitrogens with one attached hydrogen (secondary N) is 2. The minimum absolute atomic E-state index is 0.0263. The highest BCUT2D eigenvalue weighted by molar-refractivity contribution is 8.00. The molecular formula is C26H26N4O3S2. The molecule has 7 nitrogen and oxygen atoms in total. The van der Waals surface area contributed by atoms with Crippen molar-refractivity contribution in [2.45, 2.75) is 22.3 Å². The highest BCUT2D eigenvalue weighted by atomic mass is 32.2. The summed E-state index contributed by atoms with van der Waals surface area (Å²) < 4.78 is 5.44. The van der Waals surface area contributed by atoms with Gasteiger partial charge in [0.25, 0.3) is 5.91 Å². The Morgan fingerprint density at radius 3 is 2.94 bits per heavy atom. The molecule has 1 unspecified atom stereocenters. The van der Waals surface area contributed by atoms with Crippen LogP contribution in [0.15, 0.2) is 52.4 Å². The summed E-state index contributed by atoms with van der Waals surface area (Å²) in [7, 11) is 1.70. The molecule has 6 rings (SSSR count). The average Bonchev–Trinajstić information content (AvgIpc) is 2.86. The number of rotatable bonds is 5. The summed E-state index contributed by atoms with van der Waals surface area (Å²) in [5.74, 6) is 2.81. The predicted molar refractivity (Wildman–Crippen MR) is 140 cm³/mol. The van der Waals surface area contributed by atoms with Crippen LogP contribution in [0.5, 0.6) is 5.75 Å². The van der Waals surface area contributed by atoms with Gasteiger partial charge in [-0.15, -0.1) is 23.5 Å². The Balaban J connectivity index is 1.05. The van der Waals surface area contributed by atoms with E-state index in [9.17, 15) is 9.59 Å². The molecule has 180 valence electrons. The van der Waals surface area contributed by atoms with Crippen molar-refractivity contribution < 1.29 is 14.3 Å². The molecule has 3 aliphatic rings. The molecule has 0 radical (unpaired) electrons. The number of aromatic nitrogens is 1. The minimum atomic E-state index is -0.0858. The molecule has 1 saturated heterocycles. The third-order valence-corrected chi connectivity index (χ3v) is 9.17. The fraction of sp³-hybridized carbons (Fsp3) is 0.346. The SMILES string of the molecule is COc1ccc2ncc3c(c2c1)CC(CN1CC(NC(=O)c2ccc4c(c2)NC(=O)CS4)C1)CS3. The summed E-state index contributed by atoms with van der Waals surface area (Å²) in [4.78, 5) is 33.7. The van der Waals surface area contributed by atoms with Gasteiger partial charge in [0.1, 0.15) is 5.75 Å². The van der Waals surface area contributed by atoms with E-state index < -0.39 is 0 Å². The van der Waals surface area contributed by atoms with Crippen molar-refractivity contribution in [2.24, 2.45) is 5.92 Å². The van der Waals surface area contributed by atoms with E-state index >= 15 is 0 Å². The van der Waals surface area contributed by atoms with Crippen molar-refractivity contribution in [3.05, 3.63) is 53.7 Å². The maximum Gasteiger partial charge on any atom is 0.251 e. The van der Waals surface area contributed by atoms with Crippen molar-refractivity contribution in [1.82, 2.24) is 15.2 Å². The third-order valence-electron chi connectivity index (χ3n) is 6.80. The molecule has 0 spiro atoms. The maximum absolute atomic E-state index is 12.8. The highest BCUT2D eigenvalue weighted by Crippen LogP contribution is 2.38. The first-order valence-corrected chi connectivity index (χ1v) is 13.7. The summed E-state index contributed by atoms with van der Waals surface area (Å²) in [6, 6.07) is 11.8. The number of methoxy groups -OCH3 is 1. The largest absolute Gasteiger partial charge is 0.497 e. The van der Waals surface area contributed by atoms with E-state index in [0.717, 1.165) is 53.7 Å². The Hall–Kier alpha value is -2.75. The summed E-state index contributed by atoms with van der Waals surface area (Å²) in [5.41, 5.74) is 3.70. The number of ether oxygens (including phenoxy) is 1. The van der Waals surface area contributed by atoms with Crippen LogP contribution in [-0.4, -0.2) is 66.0 Å². The number of fused-ring (bicyclic) bond motifs is 4. The average molecular weight is 507 g/mol. The lowest BCUT2D eigenvalue weighted by Gasteiger charge is -2.42. The lowest BCUT2D eigenvalue weighted by Crippen LogP contribution is -2.60. The Bertz CT molecular complexity index is 1320. The Morgan fingerprint density at radius 2 is 2.09 bits per heavy atom. The van der Waals surface area contributed by atoms with Crippen LogP contribution < -0.4 is 15.4 Å². The van der Waals surface area contributed by atoms with Gasteiger partial charge in [0, 0.05) is 52.3 Å². The second-order valence-electron chi connectivity index (χ2n) is 9.30. The van der Waals surface area contributed by atoms with Gasteiger partial charge in [0.05, 0.1) is 30.1 Å². The number of anilines is 1. The fourth-order valence-corrected chi connectivity index (χ4v) is 6.93. The van der Waals surface area contributed by atoms with E-state index in [0.29, 0.717) is 17.2 Å². The van der Waals surface area contributed by atoms with Gasteiger partial charge in [-0.2, -0.15) is 0 Å². The van der Waals surface area contributed by atoms with Crippen molar-refractivity contribution in [3.63, 3.8) is 0 Å². The zero-order valence-electron chi connectivity index (χ0n) is 19.4. The molecule has 2 N–H and O–H groups in total. The highest BCUT2D eigenvalue weighted by Gasteiger charge is 2.32. The number of thioether (sulfide) groups is 2. The smallest absolute Gasteiger partial charge is 0.251 e. The van der Waals surface area contributed by atoms with Gasteiger partial charge in [0.15, 0.2) is 0 Å². The monoisotopic (exact) mass is 506 g/mol. The van der Waals surface area contributed by atoms with Crippen molar-refractivity contribution in [2.75, 3.05) is 43.6 Å². The van der Waals surface area contributed by atoms with Gasteiger partial charge in [-0.05, 0) is 54.3 Å². The number of carbonyl (C=O) groups is 2. The Labute approximate surface area is 212 Å². The first-order valence-electron chi connectivity index (χ1n) is 11.7. The number of likely N-dealkylation sites (tertiary alicyclic amines) is 1. The first kappa shape index (κ1) is 22.7. The molecule has 0 aliphatic carbocycles. The van der Waals surface area contributed by atoms with Crippen LogP contribution in [-0.2, 0) is 11.2 Å². The fourth-order valence-electron chi connectivity index (χ4n) is 5.01. The number of hydrogen-bond acceptors (Lipinski definition) is 7. The molecule has 35 heavy (non-hydrogen) atoms. The van der Waals surface area contributed by atoms with E-state index in [1.165, 1.54) is 27.6 Å². The van der Waals surface area contributed by atoms with Gasteiger partial charge in [-0.25, -0.2) is 0 Å². The van der Waals surface area contributed by atoms with Crippen LogP contribution >= 0.6 is 23.5 Å². The third kappa shape index (κ3) is 4.60.